The quantitative estimate of drug-likeness (QED) is 0.768. The Balaban J connectivity index is 1.29. The van der Waals surface area contributed by atoms with Gasteiger partial charge >= 0.3 is 5.97 Å². The third-order valence-electron chi connectivity index (χ3n) is 5.66. The van der Waals surface area contributed by atoms with E-state index in [9.17, 15) is 9.90 Å². The number of benzene rings is 1. The van der Waals surface area contributed by atoms with Gasteiger partial charge in [-0.05, 0) is 30.5 Å². The fraction of sp³-hybridized carbons (Fsp3) is 0.381. The molecule has 5 rings (SSSR count). The van der Waals surface area contributed by atoms with Crippen molar-refractivity contribution in [1.29, 1.82) is 0 Å². The predicted octanol–water partition coefficient (Wildman–Crippen LogP) is 2.04. The Labute approximate surface area is 173 Å². The number of carboxylic acid groups (broad SMARTS) is 1. The standard InChI is InChI=1S/C21H23N5O4/c27-20(28)15-5-8-25(9-6-15)21-22-12-16-2-1-7-26(19(16)24-21)23-11-14-3-4-17-18(10-14)30-13-29-17/h1-4,10,12,15,23H,5-9,11,13H2,(H,27,28). The van der Waals surface area contributed by atoms with Crippen LogP contribution in [0.25, 0.3) is 6.08 Å². The minimum atomic E-state index is -0.718. The van der Waals surface area contributed by atoms with Gasteiger partial charge in [0, 0.05) is 31.4 Å². The number of nitrogens with zero attached hydrogens (tertiary/aromatic N) is 4. The molecule has 3 aliphatic rings. The highest BCUT2D eigenvalue weighted by Crippen LogP contribution is 2.32. The summed E-state index contributed by atoms with van der Waals surface area (Å²) in [6, 6.07) is 5.91. The first kappa shape index (κ1) is 18.7. The number of hydrazine groups is 1. The summed E-state index contributed by atoms with van der Waals surface area (Å²) in [5.74, 6) is 2.01. The molecular formula is C21H23N5O4. The maximum atomic E-state index is 11.2. The van der Waals surface area contributed by atoms with Crippen molar-refractivity contribution in [2.45, 2.75) is 19.4 Å². The third-order valence-corrected chi connectivity index (χ3v) is 5.66. The Bertz CT molecular complexity index is 987. The number of piperidine rings is 1. The molecule has 0 amide bonds. The van der Waals surface area contributed by atoms with Crippen molar-refractivity contribution in [2.24, 2.45) is 5.92 Å². The summed E-state index contributed by atoms with van der Waals surface area (Å²) in [6.45, 7) is 2.87. The van der Waals surface area contributed by atoms with E-state index >= 15 is 0 Å². The molecule has 4 heterocycles. The third kappa shape index (κ3) is 3.63. The molecule has 2 N–H and O–H groups in total. The van der Waals surface area contributed by atoms with E-state index in [0.717, 1.165) is 28.4 Å². The predicted molar refractivity (Wildman–Crippen MR) is 110 cm³/mol. The summed E-state index contributed by atoms with van der Waals surface area (Å²) >= 11 is 0. The van der Waals surface area contributed by atoms with Crippen molar-refractivity contribution in [3.63, 3.8) is 0 Å². The molecule has 9 heteroatoms. The average Bonchev–Trinajstić information content (AvgIpc) is 3.25. The molecule has 0 unspecified atom stereocenters. The zero-order valence-electron chi connectivity index (χ0n) is 16.5. The van der Waals surface area contributed by atoms with E-state index in [4.69, 9.17) is 14.5 Å². The van der Waals surface area contributed by atoms with Crippen LogP contribution in [0, 0.1) is 5.92 Å². The Morgan fingerprint density at radius 3 is 2.90 bits per heavy atom. The van der Waals surface area contributed by atoms with E-state index in [2.05, 4.69) is 21.4 Å². The summed E-state index contributed by atoms with van der Waals surface area (Å²) < 4.78 is 10.8. The fourth-order valence-electron chi connectivity index (χ4n) is 3.93. The first-order chi connectivity index (χ1) is 14.7. The molecule has 156 valence electrons. The molecule has 1 aromatic carbocycles. The number of anilines is 2. The zero-order valence-corrected chi connectivity index (χ0v) is 16.5. The molecule has 30 heavy (non-hydrogen) atoms. The second kappa shape index (κ2) is 7.83. The number of aliphatic carboxylic acids is 1. The van der Waals surface area contributed by atoms with Gasteiger partial charge in [0.25, 0.3) is 0 Å². The van der Waals surface area contributed by atoms with E-state index in [0.29, 0.717) is 45.0 Å². The van der Waals surface area contributed by atoms with Crippen LogP contribution in [0.1, 0.15) is 24.0 Å². The number of hydrogen-bond acceptors (Lipinski definition) is 8. The van der Waals surface area contributed by atoms with Gasteiger partial charge in [-0.1, -0.05) is 18.2 Å². The number of aromatic nitrogens is 2. The topological polar surface area (TPSA) is 100 Å². The first-order valence-corrected chi connectivity index (χ1v) is 10.1. The van der Waals surface area contributed by atoms with Crippen molar-refractivity contribution in [1.82, 2.24) is 15.4 Å². The maximum absolute atomic E-state index is 11.2. The first-order valence-electron chi connectivity index (χ1n) is 10.1. The number of fused-ring (bicyclic) bond motifs is 2. The van der Waals surface area contributed by atoms with E-state index in [1.165, 1.54) is 0 Å². The van der Waals surface area contributed by atoms with Crippen LogP contribution in [-0.2, 0) is 11.3 Å². The van der Waals surface area contributed by atoms with E-state index in [-0.39, 0.29) is 12.7 Å². The van der Waals surface area contributed by atoms with Crippen LogP contribution in [0.2, 0.25) is 0 Å². The highest BCUT2D eigenvalue weighted by Gasteiger charge is 2.27. The lowest BCUT2D eigenvalue weighted by atomic mass is 9.97. The molecule has 0 bridgehead atoms. The molecule has 0 atom stereocenters. The Morgan fingerprint density at radius 1 is 1.23 bits per heavy atom. The van der Waals surface area contributed by atoms with E-state index < -0.39 is 5.97 Å². The highest BCUT2D eigenvalue weighted by molar-refractivity contribution is 5.70. The van der Waals surface area contributed by atoms with Gasteiger partial charge in [-0.25, -0.2) is 10.4 Å². The molecule has 0 saturated carbocycles. The van der Waals surface area contributed by atoms with Crippen LogP contribution in [0.3, 0.4) is 0 Å². The summed E-state index contributed by atoms with van der Waals surface area (Å²) in [6.07, 6.45) is 7.14. The van der Waals surface area contributed by atoms with Crippen LogP contribution in [0.4, 0.5) is 11.8 Å². The monoisotopic (exact) mass is 409 g/mol. The van der Waals surface area contributed by atoms with Gasteiger partial charge in [0.15, 0.2) is 17.3 Å². The minimum Gasteiger partial charge on any atom is -0.481 e. The molecule has 1 aromatic heterocycles. The average molecular weight is 409 g/mol. The number of ether oxygens (including phenoxy) is 2. The van der Waals surface area contributed by atoms with Crippen LogP contribution in [0.5, 0.6) is 11.5 Å². The molecule has 3 aliphatic heterocycles. The van der Waals surface area contributed by atoms with Gasteiger partial charge in [0.1, 0.15) is 0 Å². The Kier molecular flexibility index (Phi) is 4.88. The van der Waals surface area contributed by atoms with Crippen LogP contribution in [0.15, 0.2) is 30.5 Å². The molecule has 0 radical (unpaired) electrons. The summed E-state index contributed by atoms with van der Waals surface area (Å²) in [5.41, 5.74) is 5.47. The van der Waals surface area contributed by atoms with Crippen molar-refractivity contribution in [2.75, 3.05) is 36.3 Å². The van der Waals surface area contributed by atoms with Gasteiger partial charge in [0.2, 0.25) is 12.7 Å². The fourth-order valence-corrected chi connectivity index (χ4v) is 3.93. The summed E-state index contributed by atoms with van der Waals surface area (Å²) in [7, 11) is 0. The van der Waals surface area contributed by atoms with Gasteiger partial charge in [-0.2, -0.15) is 4.98 Å². The normalized spacial score (nSPS) is 17.9. The molecule has 2 aromatic rings. The highest BCUT2D eigenvalue weighted by atomic mass is 16.7. The molecular weight excluding hydrogens is 386 g/mol. The van der Waals surface area contributed by atoms with Crippen LogP contribution < -0.4 is 24.8 Å². The summed E-state index contributed by atoms with van der Waals surface area (Å²) in [4.78, 5) is 22.6. The number of rotatable bonds is 5. The number of hydrogen-bond donors (Lipinski definition) is 2. The maximum Gasteiger partial charge on any atom is 0.306 e. The van der Waals surface area contributed by atoms with Crippen molar-refractivity contribution in [3.8, 4) is 11.5 Å². The molecule has 1 fully saturated rings. The lowest BCUT2D eigenvalue weighted by Gasteiger charge is -2.32. The molecule has 9 nitrogen and oxygen atoms in total. The lowest BCUT2D eigenvalue weighted by molar-refractivity contribution is -0.142. The van der Waals surface area contributed by atoms with Crippen LogP contribution >= 0.6 is 0 Å². The molecule has 1 saturated heterocycles. The number of nitrogens with one attached hydrogen (secondary N) is 1. The lowest BCUT2D eigenvalue weighted by Crippen LogP contribution is -2.41. The van der Waals surface area contributed by atoms with Gasteiger partial charge in [-0.15, -0.1) is 0 Å². The van der Waals surface area contributed by atoms with Crippen molar-refractivity contribution >= 4 is 23.8 Å². The zero-order chi connectivity index (χ0) is 20.5. The van der Waals surface area contributed by atoms with E-state index in [1.54, 1.807) is 0 Å². The summed E-state index contributed by atoms with van der Waals surface area (Å²) in [5, 5.41) is 11.2. The number of carboxylic acids is 1. The van der Waals surface area contributed by atoms with Gasteiger partial charge in [-0.3, -0.25) is 9.80 Å². The van der Waals surface area contributed by atoms with Crippen molar-refractivity contribution < 1.29 is 19.4 Å². The van der Waals surface area contributed by atoms with Gasteiger partial charge in [0.05, 0.1) is 12.5 Å². The Morgan fingerprint density at radius 2 is 2.07 bits per heavy atom. The van der Waals surface area contributed by atoms with Crippen molar-refractivity contribution in [3.05, 3.63) is 41.6 Å². The van der Waals surface area contributed by atoms with E-state index in [1.807, 2.05) is 35.5 Å². The second-order valence-corrected chi connectivity index (χ2v) is 7.58. The molecule has 0 spiro atoms. The Hall–Kier alpha value is -3.33. The minimum absolute atomic E-state index is 0.264. The largest absolute Gasteiger partial charge is 0.481 e. The second-order valence-electron chi connectivity index (χ2n) is 7.58. The van der Waals surface area contributed by atoms with Gasteiger partial charge < -0.3 is 19.5 Å². The smallest absolute Gasteiger partial charge is 0.306 e. The molecule has 0 aliphatic carbocycles. The number of carbonyl (C=O) groups is 1. The van der Waals surface area contributed by atoms with Crippen LogP contribution in [-0.4, -0.2) is 47.5 Å². The SMILES string of the molecule is O=C(O)C1CCN(c2ncc3c(n2)N(NCc2ccc4c(c2)OCO4)CC=C3)CC1.